The molecule has 0 saturated carbocycles. The van der Waals surface area contributed by atoms with Gasteiger partial charge in [0.25, 0.3) is 5.91 Å². The Labute approximate surface area is 135 Å². The number of nitrogens with zero attached hydrogens (tertiary/aromatic N) is 2. The van der Waals surface area contributed by atoms with Crippen molar-refractivity contribution < 1.29 is 14.7 Å². The van der Waals surface area contributed by atoms with Gasteiger partial charge in [0.2, 0.25) is 0 Å². The van der Waals surface area contributed by atoms with E-state index in [-0.39, 0.29) is 18.2 Å². The molecule has 1 N–H and O–H groups in total. The van der Waals surface area contributed by atoms with Crippen molar-refractivity contribution in [3.63, 3.8) is 0 Å². The maximum atomic E-state index is 12.9. The number of para-hydroxylation sites is 1. The van der Waals surface area contributed by atoms with Crippen LogP contribution < -0.4 is 0 Å². The Hall–Kier alpha value is -2.30. The van der Waals surface area contributed by atoms with Gasteiger partial charge in [-0.1, -0.05) is 18.2 Å². The third-order valence-corrected chi connectivity index (χ3v) is 4.72. The first kappa shape index (κ1) is 15.6. The number of aromatic nitrogens is 1. The van der Waals surface area contributed by atoms with Crippen molar-refractivity contribution in [1.82, 2.24) is 9.47 Å². The van der Waals surface area contributed by atoms with E-state index >= 15 is 0 Å². The van der Waals surface area contributed by atoms with Gasteiger partial charge in [0.15, 0.2) is 0 Å². The summed E-state index contributed by atoms with van der Waals surface area (Å²) in [5, 5.41) is 9.88. The average molecular weight is 314 g/mol. The van der Waals surface area contributed by atoms with Gasteiger partial charge in [0.1, 0.15) is 0 Å². The summed E-state index contributed by atoms with van der Waals surface area (Å²) < 4.78 is 2.10. The molecule has 3 rings (SSSR count). The highest BCUT2D eigenvalue weighted by molar-refractivity contribution is 6.07. The normalized spacial score (nSPS) is 16.0. The number of likely N-dealkylation sites (tertiary alicyclic amines) is 1. The lowest BCUT2D eigenvalue weighted by Gasteiger charge is -2.31. The molecule has 1 aliphatic heterocycles. The molecule has 122 valence electrons. The monoisotopic (exact) mass is 314 g/mol. The summed E-state index contributed by atoms with van der Waals surface area (Å²) in [5.74, 6) is -0.503. The predicted molar refractivity (Wildman–Crippen MR) is 88.5 cm³/mol. The van der Waals surface area contributed by atoms with Gasteiger partial charge in [0.05, 0.1) is 5.56 Å². The van der Waals surface area contributed by atoms with Crippen LogP contribution in [0.2, 0.25) is 0 Å². The second-order valence-corrected chi connectivity index (χ2v) is 6.18. The molecule has 23 heavy (non-hydrogen) atoms. The summed E-state index contributed by atoms with van der Waals surface area (Å²) in [7, 11) is 0. The van der Waals surface area contributed by atoms with Crippen molar-refractivity contribution in [2.75, 3.05) is 13.1 Å². The van der Waals surface area contributed by atoms with Crippen LogP contribution in [0.5, 0.6) is 0 Å². The minimum atomic E-state index is -0.749. The summed E-state index contributed by atoms with van der Waals surface area (Å²) in [5.41, 5.74) is 1.83. The number of rotatable bonds is 4. The van der Waals surface area contributed by atoms with Gasteiger partial charge in [-0.25, -0.2) is 0 Å². The number of piperidine rings is 1. The van der Waals surface area contributed by atoms with E-state index in [0.29, 0.717) is 13.1 Å². The average Bonchev–Trinajstić information content (AvgIpc) is 2.93. The first-order chi connectivity index (χ1) is 11.1. The molecule has 5 heteroatoms. The van der Waals surface area contributed by atoms with E-state index in [4.69, 9.17) is 5.11 Å². The Balaban J connectivity index is 1.78. The van der Waals surface area contributed by atoms with Gasteiger partial charge < -0.3 is 14.6 Å². The molecular weight excluding hydrogens is 292 g/mol. The van der Waals surface area contributed by atoms with E-state index in [1.807, 2.05) is 35.4 Å². The highest BCUT2D eigenvalue weighted by atomic mass is 16.4. The summed E-state index contributed by atoms with van der Waals surface area (Å²) in [6.45, 7) is 4.18. The van der Waals surface area contributed by atoms with Crippen LogP contribution in [0.3, 0.4) is 0 Å². The molecule has 0 radical (unpaired) electrons. The number of carboxylic acid groups (broad SMARTS) is 1. The Morgan fingerprint density at radius 3 is 2.57 bits per heavy atom. The van der Waals surface area contributed by atoms with Crippen LogP contribution in [-0.4, -0.2) is 39.5 Å². The quantitative estimate of drug-likeness (QED) is 0.943. The standard InChI is InChI=1S/C18H22N2O3/c1-2-19-12-15(14-5-3-4-6-16(14)19)18(23)20-9-7-13(8-10-20)11-17(21)22/h3-6,12-13H,2,7-11H2,1H3,(H,21,22). The van der Waals surface area contributed by atoms with E-state index in [1.54, 1.807) is 0 Å². The van der Waals surface area contributed by atoms with E-state index in [9.17, 15) is 9.59 Å². The van der Waals surface area contributed by atoms with Crippen molar-refractivity contribution in [3.05, 3.63) is 36.0 Å². The fourth-order valence-corrected chi connectivity index (χ4v) is 3.44. The van der Waals surface area contributed by atoms with Gasteiger partial charge in [-0.05, 0) is 31.7 Å². The van der Waals surface area contributed by atoms with Crippen LogP contribution in [0.15, 0.2) is 30.5 Å². The number of amides is 1. The predicted octanol–water partition coefficient (Wildman–Crippen LogP) is 2.99. The minimum Gasteiger partial charge on any atom is -0.481 e. The third-order valence-electron chi connectivity index (χ3n) is 4.72. The van der Waals surface area contributed by atoms with Crippen LogP contribution in [0.1, 0.15) is 36.5 Å². The number of hydrogen-bond donors (Lipinski definition) is 1. The summed E-state index contributed by atoms with van der Waals surface area (Å²) in [6.07, 6.45) is 3.68. The lowest BCUT2D eigenvalue weighted by Crippen LogP contribution is -2.38. The molecule has 0 aliphatic carbocycles. The van der Waals surface area contributed by atoms with Crippen LogP contribution >= 0.6 is 0 Å². The maximum absolute atomic E-state index is 12.9. The number of carboxylic acids is 1. The SMILES string of the molecule is CCn1cc(C(=O)N2CCC(CC(=O)O)CC2)c2ccccc21. The van der Waals surface area contributed by atoms with Crippen molar-refractivity contribution in [3.8, 4) is 0 Å². The van der Waals surface area contributed by atoms with Crippen LogP contribution in [0.4, 0.5) is 0 Å². The second-order valence-electron chi connectivity index (χ2n) is 6.18. The molecule has 1 aliphatic rings. The first-order valence-corrected chi connectivity index (χ1v) is 8.19. The van der Waals surface area contributed by atoms with Crippen molar-refractivity contribution in [2.45, 2.75) is 32.7 Å². The van der Waals surface area contributed by atoms with Crippen molar-refractivity contribution >= 4 is 22.8 Å². The molecule has 5 nitrogen and oxygen atoms in total. The molecule has 2 heterocycles. The van der Waals surface area contributed by atoms with Gasteiger partial charge in [-0.15, -0.1) is 0 Å². The molecule has 1 aromatic heterocycles. The Morgan fingerprint density at radius 1 is 1.22 bits per heavy atom. The molecular formula is C18H22N2O3. The summed E-state index contributed by atoms with van der Waals surface area (Å²) >= 11 is 0. The molecule has 2 aromatic rings. The maximum Gasteiger partial charge on any atom is 0.303 e. The molecule has 1 amide bonds. The number of carbonyl (C=O) groups is 2. The van der Waals surface area contributed by atoms with Gasteiger partial charge in [-0.2, -0.15) is 0 Å². The molecule has 0 atom stereocenters. The van der Waals surface area contributed by atoms with Crippen LogP contribution in [0.25, 0.3) is 10.9 Å². The molecule has 1 aromatic carbocycles. The first-order valence-electron chi connectivity index (χ1n) is 8.19. The fraction of sp³-hybridized carbons (Fsp3) is 0.444. The lowest BCUT2D eigenvalue weighted by molar-refractivity contribution is -0.138. The van der Waals surface area contributed by atoms with E-state index in [0.717, 1.165) is 35.9 Å². The van der Waals surface area contributed by atoms with Crippen molar-refractivity contribution in [1.29, 1.82) is 0 Å². The van der Waals surface area contributed by atoms with E-state index < -0.39 is 5.97 Å². The number of benzene rings is 1. The smallest absolute Gasteiger partial charge is 0.303 e. The highest BCUT2D eigenvalue weighted by Gasteiger charge is 2.26. The molecule has 1 fully saturated rings. The van der Waals surface area contributed by atoms with Gasteiger partial charge in [-0.3, -0.25) is 9.59 Å². The Bertz CT molecular complexity index is 727. The zero-order valence-electron chi connectivity index (χ0n) is 13.4. The summed E-state index contributed by atoms with van der Waals surface area (Å²) in [6, 6.07) is 7.97. The topological polar surface area (TPSA) is 62.5 Å². The van der Waals surface area contributed by atoms with Gasteiger partial charge >= 0.3 is 5.97 Å². The second kappa shape index (κ2) is 6.44. The molecule has 1 saturated heterocycles. The van der Waals surface area contributed by atoms with Crippen LogP contribution in [0, 0.1) is 5.92 Å². The zero-order valence-corrected chi connectivity index (χ0v) is 13.4. The molecule has 0 spiro atoms. The summed E-state index contributed by atoms with van der Waals surface area (Å²) in [4.78, 5) is 25.5. The fourth-order valence-electron chi connectivity index (χ4n) is 3.44. The van der Waals surface area contributed by atoms with E-state index in [2.05, 4.69) is 11.5 Å². The molecule has 0 bridgehead atoms. The van der Waals surface area contributed by atoms with Crippen LogP contribution in [-0.2, 0) is 11.3 Å². The largest absolute Gasteiger partial charge is 0.481 e. The lowest BCUT2D eigenvalue weighted by atomic mass is 9.93. The Kier molecular flexibility index (Phi) is 4.37. The van der Waals surface area contributed by atoms with E-state index in [1.165, 1.54) is 0 Å². The number of hydrogen-bond acceptors (Lipinski definition) is 2. The highest BCUT2D eigenvalue weighted by Crippen LogP contribution is 2.26. The molecule has 0 unspecified atom stereocenters. The number of aryl methyl sites for hydroxylation is 1. The zero-order chi connectivity index (χ0) is 16.4. The van der Waals surface area contributed by atoms with Crippen molar-refractivity contribution in [2.24, 2.45) is 5.92 Å². The number of carbonyl (C=O) groups excluding carboxylic acids is 1. The van der Waals surface area contributed by atoms with Gasteiger partial charge in [0, 0.05) is 43.2 Å². The minimum absolute atomic E-state index is 0.0576. The third kappa shape index (κ3) is 3.09. The number of aliphatic carboxylic acids is 1. The Morgan fingerprint density at radius 2 is 1.91 bits per heavy atom. The number of fused-ring (bicyclic) bond motifs is 1.